The first-order valence-electron chi connectivity index (χ1n) is 11.5. The second kappa shape index (κ2) is 8.37. The molecule has 2 saturated heterocycles. The molecule has 2 aliphatic heterocycles. The number of benzene rings is 1. The van der Waals surface area contributed by atoms with Gasteiger partial charge in [0.1, 0.15) is 11.9 Å². The third kappa shape index (κ3) is 4.05. The van der Waals surface area contributed by atoms with E-state index >= 15 is 4.39 Å². The maximum Gasteiger partial charge on any atom is 0.250 e. The number of fused-ring (bicyclic) bond motifs is 2. The highest BCUT2D eigenvalue weighted by molar-refractivity contribution is 5.72. The number of piperidine rings is 1. The summed E-state index contributed by atoms with van der Waals surface area (Å²) in [6.45, 7) is 4.08. The molecule has 5 rings (SSSR count). The number of alkyl halides is 1. The number of halogens is 2. The lowest BCUT2D eigenvalue weighted by Crippen LogP contribution is -2.65. The second-order valence-corrected chi connectivity index (χ2v) is 9.97. The minimum absolute atomic E-state index is 0.0822. The summed E-state index contributed by atoms with van der Waals surface area (Å²) in [5.41, 5.74) is 0.775. The normalized spacial score (nSPS) is 27.6. The predicted molar refractivity (Wildman–Crippen MR) is 128 cm³/mol. The van der Waals surface area contributed by atoms with E-state index in [2.05, 4.69) is 32.4 Å². The molecule has 10 heteroatoms. The van der Waals surface area contributed by atoms with Gasteiger partial charge < -0.3 is 20.1 Å². The SMILES string of the molecule is COc1ncc(-c2ccc(-c3ncc(N(C)[C@H]4C[C@]5(C)CC[C@@](C)(N5)[C@H]4F)nn3)c(O)c2)cc1F. The van der Waals surface area contributed by atoms with Crippen molar-refractivity contribution in [2.24, 2.45) is 0 Å². The molecule has 2 N–H and O–H groups in total. The van der Waals surface area contributed by atoms with E-state index in [-0.39, 0.29) is 29.0 Å². The van der Waals surface area contributed by atoms with E-state index in [0.717, 1.165) is 12.8 Å². The summed E-state index contributed by atoms with van der Waals surface area (Å²) in [6.07, 6.45) is 4.34. The van der Waals surface area contributed by atoms with Crippen LogP contribution in [-0.4, -0.2) is 62.7 Å². The molecule has 0 aliphatic carbocycles. The molecular weight excluding hydrogens is 454 g/mol. The van der Waals surface area contributed by atoms with Gasteiger partial charge in [0.2, 0.25) is 5.88 Å². The Bertz CT molecular complexity index is 1260. The third-order valence-electron chi connectivity index (χ3n) is 7.37. The number of ether oxygens (including phenoxy) is 1. The number of pyridine rings is 1. The molecule has 0 spiro atoms. The first-order chi connectivity index (χ1) is 16.6. The molecule has 0 amide bonds. The molecule has 3 aromatic rings. The van der Waals surface area contributed by atoms with E-state index in [1.165, 1.54) is 25.4 Å². The van der Waals surface area contributed by atoms with Crippen LogP contribution in [0.3, 0.4) is 0 Å². The summed E-state index contributed by atoms with van der Waals surface area (Å²) in [4.78, 5) is 10.1. The van der Waals surface area contributed by atoms with Crippen molar-refractivity contribution in [3.63, 3.8) is 0 Å². The Labute approximate surface area is 202 Å². The molecule has 8 nitrogen and oxygen atoms in total. The van der Waals surface area contributed by atoms with Gasteiger partial charge in [-0.25, -0.2) is 18.7 Å². The Kier molecular flexibility index (Phi) is 5.58. The zero-order chi connectivity index (χ0) is 25.0. The van der Waals surface area contributed by atoms with Crippen LogP contribution in [0.4, 0.5) is 14.6 Å². The first-order valence-corrected chi connectivity index (χ1v) is 11.5. The van der Waals surface area contributed by atoms with Crippen LogP contribution in [0.2, 0.25) is 0 Å². The number of methoxy groups -OCH3 is 1. The number of anilines is 1. The average molecular weight is 483 g/mol. The van der Waals surface area contributed by atoms with Crippen molar-refractivity contribution in [2.45, 2.75) is 56.4 Å². The van der Waals surface area contributed by atoms with Crippen LogP contribution in [0.1, 0.15) is 33.1 Å². The number of hydrogen-bond donors (Lipinski definition) is 2. The smallest absolute Gasteiger partial charge is 0.250 e. The van der Waals surface area contributed by atoms with Crippen LogP contribution in [0, 0.1) is 5.82 Å². The number of aromatic nitrogens is 4. The Morgan fingerprint density at radius 2 is 1.91 bits per heavy atom. The van der Waals surface area contributed by atoms with E-state index in [9.17, 15) is 9.50 Å². The maximum atomic E-state index is 15.4. The van der Waals surface area contributed by atoms with Crippen LogP contribution in [0.15, 0.2) is 36.7 Å². The van der Waals surface area contributed by atoms with Gasteiger partial charge in [0, 0.05) is 29.9 Å². The molecule has 4 heterocycles. The molecule has 0 saturated carbocycles. The molecule has 1 aromatic carbocycles. The summed E-state index contributed by atoms with van der Waals surface area (Å²) in [5, 5.41) is 22.5. The minimum Gasteiger partial charge on any atom is -0.507 e. The number of nitrogens with zero attached hydrogens (tertiary/aromatic N) is 5. The van der Waals surface area contributed by atoms with Crippen LogP contribution in [-0.2, 0) is 0 Å². The fraction of sp³-hybridized carbons (Fsp3) is 0.440. The van der Waals surface area contributed by atoms with E-state index in [1.54, 1.807) is 18.3 Å². The number of hydrogen-bond acceptors (Lipinski definition) is 8. The number of phenolic OH excluding ortho intramolecular Hbond substituents is 1. The summed E-state index contributed by atoms with van der Waals surface area (Å²) < 4.78 is 34.3. The maximum absolute atomic E-state index is 15.4. The summed E-state index contributed by atoms with van der Waals surface area (Å²) in [7, 11) is 3.16. The highest BCUT2D eigenvalue weighted by Crippen LogP contribution is 2.45. The van der Waals surface area contributed by atoms with Crippen LogP contribution in [0.5, 0.6) is 11.6 Å². The van der Waals surface area contributed by atoms with Crippen LogP contribution < -0.4 is 15.0 Å². The van der Waals surface area contributed by atoms with Gasteiger partial charge >= 0.3 is 0 Å². The zero-order valence-corrected chi connectivity index (χ0v) is 20.1. The highest BCUT2D eigenvalue weighted by Gasteiger charge is 2.56. The lowest BCUT2D eigenvalue weighted by Gasteiger charge is -2.47. The lowest BCUT2D eigenvalue weighted by molar-refractivity contribution is 0.0859. The topological polar surface area (TPSA) is 96.3 Å². The van der Waals surface area contributed by atoms with E-state index in [1.807, 2.05) is 18.9 Å². The van der Waals surface area contributed by atoms with Crippen molar-refractivity contribution >= 4 is 5.82 Å². The van der Waals surface area contributed by atoms with Gasteiger partial charge in [-0.2, -0.15) is 0 Å². The quantitative estimate of drug-likeness (QED) is 0.565. The van der Waals surface area contributed by atoms with Crippen LogP contribution >= 0.6 is 0 Å². The van der Waals surface area contributed by atoms with Gasteiger partial charge in [0.15, 0.2) is 17.5 Å². The van der Waals surface area contributed by atoms with Crippen molar-refractivity contribution < 1.29 is 18.6 Å². The largest absolute Gasteiger partial charge is 0.507 e. The molecular formula is C25H28F2N6O2. The van der Waals surface area contributed by atoms with Gasteiger partial charge in [0.25, 0.3) is 0 Å². The zero-order valence-electron chi connectivity index (χ0n) is 20.1. The standard InChI is InChI=1S/C25H28F2N6O2/c1-24-7-8-25(2,32-24)21(27)18(11-24)33(3)20-13-28-22(31-30-20)16-6-5-14(10-19(16)34)15-9-17(26)23(35-4)29-12-15/h5-6,9-10,12-13,18,21,32,34H,7-8,11H2,1-4H3/t18-,21-,24-,25+/m0/s1. The van der Waals surface area contributed by atoms with Gasteiger partial charge in [0.05, 0.1) is 24.9 Å². The van der Waals surface area contributed by atoms with Gasteiger partial charge in [-0.1, -0.05) is 6.07 Å². The fourth-order valence-corrected chi connectivity index (χ4v) is 5.39. The highest BCUT2D eigenvalue weighted by atomic mass is 19.1. The Balaban J connectivity index is 1.36. The van der Waals surface area contributed by atoms with Crippen molar-refractivity contribution in [3.8, 4) is 34.1 Å². The number of rotatable bonds is 5. The number of aromatic hydroxyl groups is 1. The first kappa shape index (κ1) is 23.3. The van der Waals surface area contributed by atoms with Crippen molar-refractivity contribution in [1.82, 2.24) is 25.5 Å². The van der Waals surface area contributed by atoms with Crippen molar-refractivity contribution in [3.05, 3.63) is 42.5 Å². The minimum atomic E-state index is -1.06. The Morgan fingerprint density at radius 3 is 2.57 bits per heavy atom. The predicted octanol–water partition coefficient (Wildman–Crippen LogP) is 3.90. The Hall–Kier alpha value is -3.40. The molecule has 35 heavy (non-hydrogen) atoms. The molecule has 2 fully saturated rings. The molecule has 0 radical (unpaired) electrons. The van der Waals surface area contributed by atoms with E-state index in [0.29, 0.717) is 28.9 Å². The molecule has 4 atom stereocenters. The van der Waals surface area contributed by atoms with E-state index in [4.69, 9.17) is 4.74 Å². The summed E-state index contributed by atoms with van der Waals surface area (Å²) in [6, 6.07) is 5.77. The Morgan fingerprint density at radius 1 is 1.11 bits per heavy atom. The van der Waals surface area contributed by atoms with Crippen molar-refractivity contribution in [2.75, 3.05) is 19.1 Å². The molecule has 184 valence electrons. The number of nitrogens with one attached hydrogen (secondary N) is 1. The molecule has 2 aliphatic rings. The van der Waals surface area contributed by atoms with Crippen molar-refractivity contribution in [1.29, 1.82) is 0 Å². The number of phenols is 1. The van der Waals surface area contributed by atoms with Crippen LogP contribution in [0.25, 0.3) is 22.5 Å². The summed E-state index contributed by atoms with van der Waals surface area (Å²) >= 11 is 0. The van der Waals surface area contributed by atoms with Gasteiger partial charge in [-0.15, -0.1) is 10.2 Å². The van der Waals surface area contributed by atoms with E-state index < -0.39 is 17.5 Å². The fourth-order valence-electron chi connectivity index (χ4n) is 5.39. The molecule has 2 bridgehead atoms. The monoisotopic (exact) mass is 482 g/mol. The average Bonchev–Trinajstić information content (AvgIpc) is 3.12. The summed E-state index contributed by atoms with van der Waals surface area (Å²) in [5.74, 6) is -0.0852. The van der Waals surface area contributed by atoms with Gasteiger partial charge in [-0.05, 0) is 56.9 Å². The molecule has 2 aromatic heterocycles. The third-order valence-corrected chi connectivity index (χ3v) is 7.37. The second-order valence-electron chi connectivity index (χ2n) is 9.97. The van der Waals surface area contributed by atoms with Gasteiger partial charge in [-0.3, -0.25) is 0 Å². The lowest BCUT2D eigenvalue weighted by atomic mass is 9.82. The molecule has 0 unspecified atom stereocenters.